The van der Waals surface area contributed by atoms with Gasteiger partial charge in [-0.15, -0.1) is 20.4 Å². The van der Waals surface area contributed by atoms with Gasteiger partial charge in [0.25, 0.3) is 20.2 Å². The highest BCUT2D eigenvalue weighted by Gasteiger charge is 2.23. The van der Waals surface area contributed by atoms with Crippen molar-refractivity contribution in [3.05, 3.63) is 53.6 Å². The normalized spacial score (nSPS) is 14.0. The molecule has 0 spiro atoms. The highest BCUT2D eigenvalue weighted by atomic mass is 32.3. The molecule has 3 unspecified atom stereocenters. The van der Waals surface area contributed by atoms with Gasteiger partial charge in [-0.05, 0) is 43.3 Å². The van der Waals surface area contributed by atoms with Crippen LogP contribution in [0.25, 0.3) is 27.5 Å². The zero-order chi connectivity index (χ0) is 44.2. The molecule has 0 bridgehead atoms. The second-order valence-electron chi connectivity index (χ2n) is 11.8. The van der Waals surface area contributed by atoms with Gasteiger partial charge in [-0.3, -0.25) is 26.6 Å². The number of fused-ring (bicyclic) bond motifs is 3. The minimum atomic E-state index is -5.09. The van der Waals surface area contributed by atoms with E-state index < -0.39 is 86.0 Å². The molecule has 0 aliphatic rings. The topological polar surface area (TPSA) is 389 Å². The molecule has 2 heterocycles. The lowest BCUT2D eigenvalue weighted by Gasteiger charge is -2.15. The largest absolute Gasteiger partial charge is 0.397 e. The summed E-state index contributed by atoms with van der Waals surface area (Å²) in [4.78, 5) is 3.36. The quantitative estimate of drug-likeness (QED) is 0.0270. The highest BCUT2D eigenvalue weighted by molar-refractivity contribution is 7.86. The Morgan fingerprint density at radius 1 is 0.833 bits per heavy atom. The first-order valence-corrected chi connectivity index (χ1v) is 24.0. The van der Waals surface area contributed by atoms with Gasteiger partial charge in [-0.2, -0.15) is 39.5 Å². The van der Waals surface area contributed by atoms with Crippen LogP contribution in [0.4, 0.5) is 23.0 Å². The van der Waals surface area contributed by atoms with E-state index in [1.54, 1.807) is 0 Å². The number of nitriles is 1. The van der Waals surface area contributed by atoms with Gasteiger partial charge in [0.05, 0.1) is 29.4 Å². The second kappa shape index (κ2) is 18.8. The number of nitrogens with one attached hydrogen (secondary N) is 2. The first-order valence-electron chi connectivity index (χ1n) is 16.2. The van der Waals surface area contributed by atoms with Crippen molar-refractivity contribution in [2.45, 2.75) is 21.6 Å². The van der Waals surface area contributed by atoms with E-state index >= 15 is 0 Å². The lowest BCUT2D eigenvalue weighted by atomic mass is 10.1. The summed E-state index contributed by atoms with van der Waals surface area (Å²) in [5.74, 6) is -0.582. The van der Waals surface area contributed by atoms with E-state index in [0.717, 1.165) is 29.1 Å². The van der Waals surface area contributed by atoms with Gasteiger partial charge < -0.3 is 15.2 Å². The molecule has 31 heteroatoms. The molecule has 0 saturated heterocycles. The van der Waals surface area contributed by atoms with Gasteiger partial charge in [0, 0.05) is 51.7 Å². The monoisotopic (exact) mass is 951 g/mol. The van der Waals surface area contributed by atoms with Gasteiger partial charge in [-0.1, -0.05) is 6.07 Å². The molecule has 0 amide bonds. The Labute approximate surface area is 346 Å². The number of aromatic nitrogens is 4. The van der Waals surface area contributed by atoms with Crippen molar-refractivity contribution in [3.63, 3.8) is 0 Å². The molecule has 7 N–H and O–H groups in total. The molecule has 60 heavy (non-hydrogen) atoms. The van der Waals surface area contributed by atoms with E-state index in [1.165, 1.54) is 25.1 Å². The molecule has 25 nitrogen and oxygen atoms in total. The number of hydrogen-bond acceptors (Lipinski definition) is 19. The predicted molar refractivity (Wildman–Crippen MR) is 212 cm³/mol. The van der Waals surface area contributed by atoms with E-state index in [2.05, 4.69) is 44.4 Å². The van der Waals surface area contributed by atoms with Gasteiger partial charge in [-0.25, -0.2) is 13.4 Å². The fraction of sp³-hybridized carbons (Fsp3) is 0.241. The maximum absolute atomic E-state index is 12.7. The summed E-state index contributed by atoms with van der Waals surface area (Å²) in [6, 6.07) is 9.81. The van der Waals surface area contributed by atoms with Crippen LogP contribution in [0.3, 0.4) is 0 Å². The van der Waals surface area contributed by atoms with Crippen molar-refractivity contribution < 1.29 is 69.0 Å². The van der Waals surface area contributed by atoms with Crippen LogP contribution in [0.2, 0.25) is 0 Å². The number of nitrogens with zero attached hydrogens (tertiary/aromatic N) is 7. The summed E-state index contributed by atoms with van der Waals surface area (Å²) in [7, 11) is -16.4. The first-order chi connectivity index (χ1) is 28.1. The third-order valence-corrected chi connectivity index (χ3v) is 12.4. The van der Waals surface area contributed by atoms with Crippen LogP contribution in [0.15, 0.2) is 67.4 Å². The molecular weight excluding hydrogens is 923 g/mol. The highest BCUT2D eigenvalue weighted by Crippen LogP contribution is 2.37. The minimum Gasteiger partial charge on any atom is -0.367 e. The standard InChI is InChI=1S/C29H29N9O16S6/c1-16-21(15-30)28(31-6-8-53-57(42)43)33-29(32-7-10-55(39)11-9-54-60(50,51)52)26(16)35-34-22-4-2-17(12-25(22)59(47,48)49)38-36-23-5-3-19-20(27(23)37-38)13-18(56(40)41)14-24(19)58(44,45)46/h2-5,12-14H,6-11H2,1H3,(H,40,41)(H,42,43)(H2,31,32,33)(H,44,45,46)(H,47,48,49)(H,50,51,52). The number of benzene rings is 3. The average molecular weight is 952 g/mol. The molecule has 0 aliphatic carbocycles. The predicted octanol–water partition coefficient (Wildman–Crippen LogP) is 2.18. The summed E-state index contributed by atoms with van der Waals surface area (Å²) in [6.45, 7) is 0.328. The Kier molecular flexibility index (Phi) is 14.5. The third-order valence-electron chi connectivity index (χ3n) is 7.88. The maximum Gasteiger partial charge on any atom is 0.397 e. The number of azo groups is 1. The van der Waals surface area contributed by atoms with E-state index in [-0.39, 0.29) is 92.0 Å². The molecule has 0 saturated carbocycles. The Balaban J connectivity index is 1.54. The smallest absolute Gasteiger partial charge is 0.367 e. The fourth-order valence-corrected chi connectivity index (χ4v) is 8.62. The maximum atomic E-state index is 12.7. The SMILES string of the molecule is Cc1c(C#N)c(NCCOS(=O)O)nc(NCCS(=O)CCOS(=O)(=O)O)c1N=Nc1ccc(-n2nc3ccc4c(S(=O)(=O)O)cc(S(=O)O)cc4c3n2)cc1S(=O)(=O)O. The van der Waals surface area contributed by atoms with E-state index in [0.29, 0.717) is 0 Å². The number of rotatable bonds is 19. The Bertz CT molecular complexity index is 2990. The summed E-state index contributed by atoms with van der Waals surface area (Å²) in [5.41, 5.74) is -0.586. The molecule has 5 aromatic rings. The zero-order valence-corrected chi connectivity index (χ0v) is 35.0. The Hall–Kier alpha value is -4.82. The van der Waals surface area contributed by atoms with Crippen LogP contribution in [0.5, 0.6) is 0 Å². The van der Waals surface area contributed by atoms with Crippen molar-refractivity contribution in [1.29, 1.82) is 5.26 Å². The van der Waals surface area contributed by atoms with Crippen molar-refractivity contribution in [2.75, 3.05) is 48.4 Å². The molecule has 0 aliphatic heterocycles. The summed E-state index contributed by atoms with van der Waals surface area (Å²) < 4.78 is 162. The average Bonchev–Trinajstić information content (AvgIpc) is 3.59. The van der Waals surface area contributed by atoms with Gasteiger partial charge >= 0.3 is 21.8 Å². The van der Waals surface area contributed by atoms with Gasteiger partial charge in [0.1, 0.15) is 44.1 Å². The molecule has 3 atom stereocenters. The van der Waals surface area contributed by atoms with Gasteiger partial charge in [0.2, 0.25) is 0 Å². The van der Waals surface area contributed by atoms with E-state index in [4.69, 9.17) is 9.11 Å². The van der Waals surface area contributed by atoms with Crippen LogP contribution in [-0.4, -0.2) is 118 Å². The number of anilines is 2. The molecule has 0 radical (unpaired) electrons. The molecule has 2 aromatic heterocycles. The van der Waals surface area contributed by atoms with Crippen LogP contribution in [-0.2, 0) is 72.2 Å². The van der Waals surface area contributed by atoms with Crippen LogP contribution in [0, 0.1) is 18.3 Å². The zero-order valence-electron chi connectivity index (χ0n) is 30.1. The van der Waals surface area contributed by atoms with Crippen LogP contribution >= 0.6 is 0 Å². The van der Waals surface area contributed by atoms with Crippen molar-refractivity contribution in [2.24, 2.45) is 10.2 Å². The number of hydrogen-bond donors (Lipinski definition) is 7. The molecule has 5 rings (SSSR count). The lowest BCUT2D eigenvalue weighted by molar-refractivity contribution is 0.284. The summed E-state index contributed by atoms with van der Waals surface area (Å²) in [6.07, 6.45) is 0. The first kappa shape index (κ1) is 46.2. The van der Waals surface area contributed by atoms with E-state index in [9.17, 15) is 56.8 Å². The lowest BCUT2D eigenvalue weighted by Crippen LogP contribution is -2.18. The molecule has 0 fully saturated rings. The summed E-state index contributed by atoms with van der Waals surface area (Å²) in [5, 5.41) is 32.2. The van der Waals surface area contributed by atoms with E-state index in [1.807, 2.05) is 6.07 Å². The molecular formula is C29H29N9O16S6. The molecule has 3 aromatic carbocycles. The van der Waals surface area contributed by atoms with Crippen LogP contribution in [0.1, 0.15) is 11.1 Å². The van der Waals surface area contributed by atoms with Crippen molar-refractivity contribution >= 4 is 109 Å². The van der Waals surface area contributed by atoms with Crippen LogP contribution < -0.4 is 10.6 Å². The van der Waals surface area contributed by atoms with Gasteiger partial charge in [0.15, 0.2) is 16.9 Å². The Morgan fingerprint density at radius 2 is 1.53 bits per heavy atom. The second-order valence-corrected chi connectivity index (χ2v) is 19.0. The third kappa shape index (κ3) is 11.5. The fourth-order valence-electron chi connectivity index (χ4n) is 5.31. The molecule has 322 valence electrons. The Morgan fingerprint density at radius 3 is 2.17 bits per heavy atom. The van der Waals surface area contributed by atoms with Crippen molar-refractivity contribution in [3.8, 4) is 11.8 Å². The summed E-state index contributed by atoms with van der Waals surface area (Å²) >= 11 is -5.26. The van der Waals surface area contributed by atoms with Crippen molar-refractivity contribution in [1.82, 2.24) is 20.0 Å². The minimum absolute atomic E-state index is 0.00891. The number of pyridine rings is 1.